The van der Waals surface area contributed by atoms with Gasteiger partial charge in [-0.3, -0.25) is 9.59 Å². The van der Waals surface area contributed by atoms with Crippen LogP contribution in [0.25, 0.3) is 0 Å². The van der Waals surface area contributed by atoms with E-state index in [1.165, 1.54) is 0 Å². The second kappa shape index (κ2) is 14.5. The third kappa shape index (κ3) is 17.2. The number of rotatable bonds is 6. The number of hydrogen-bond acceptors (Lipinski definition) is 4. The van der Waals surface area contributed by atoms with Gasteiger partial charge in [0.25, 0.3) is 0 Å². The van der Waals surface area contributed by atoms with Gasteiger partial charge in [0.2, 0.25) is 0 Å². The van der Waals surface area contributed by atoms with E-state index in [9.17, 15) is 9.59 Å². The van der Waals surface area contributed by atoms with E-state index >= 15 is 0 Å². The minimum absolute atomic E-state index is 0.0370. The van der Waals surface area contributed by atoms with E-state index in [1.807, 2.05) is 20.8 Å². The summed E-state index contributed by atoms with van der Waals surface area (Å²) in [4.78, 5) is 18.6. The van der Waals surface area contributed by atoms with E-state index in [4.69, 9.17) is 9.47 Å². The first-order valence-electron chi connectivity index (χ1n) is 4.51. The summed E-state index contributed by atoms with van der Waals surface area (Å²) in [6.45, 7) is 7.25. The Hall–Kier alpha value is -1.00. The molecule has 0 aromatic carbocycles. The van der Waals surface area contributed by atoms with Gasteiger partial charge in [-0.1, -0.05) is 0 Å². The summed E-state index contributed by atoms with van der Waals surface area (Å²) in [6.07, 6.45) is 3.33. The first-order valence-corrected chi connectivity index (χ1v) is 4.51. The van der Waals surface area contributed by atoms with Crippen LogP contribution in [0.1, 0.15) is 20.8 Å². The predicted octanol–water partition coefficient (Wildman–Crippen LogP) is 1.35. The molecule has 0 saturated carbocycles. The molecule has 0 aliphatic carbocycles. The maximum atomic E-state index is 9.32. The Bertz CT molecular complexity index is 138. The standard InChI is InChI=1S/C6H14O2.C4H4O2/c1-4-7-6(3)8-5-2;5-3-1-2-4-6/h6H,4-5H2,1-3H3;1-4H/b;2-1-. The zero-order chi connectivity index (χ0) is 11.2. The van der Waals surface area contributed by atoms with Gasteiger partial charge in [-0.2, -0.15) is 0 Å². The Morgan fingerprint density at radius 1 is 1.00 bits per heavy atom. The maximum Gasteiger partial charge on any atom is 0.154 e. The van der Waals surface area contributed by atoms with Crippen LogP contribution in [0.15, 0.2) is 12.2 Å². The molecule has 0 atom stereocenters. The first-order chi connectivity index (χ1) is 6.72. The lowest BCUT2D eigenvalue weighted by atomic mass is 10.6. The quantitative estimate of drug-likeness (QED) is 0.370. The Kier molecular flexibility index (Phi) is 16.0. The summed E-state index contributed by atoms with van der Waals surface area (Å²) >= 11 is 0. The molecule has 0 rings (SSSR count). The molecule has 0 N–H and O–H groups in total. The van der Waals surface area contributed by atoms with Crippen molar-refractivity contribution in [1.29, 1.82) is 0 Å². The van der Waals surface area contributed by atoms with Crippen LogP contribution in [0, 0.1) is 0 Å². The Balaban J connectivity index is 0. The van der Waals surface area contributed by atoms with Gasteiger partial charge >= 0.3 is 0 Å². The third-order valence-corrected chi connectivity index (χ3v) is 1.07. The van der Waals surface area contributed by atoms with Gasteiger partial charge in [0.15, 0.2) is 6.29 Å². The van der Waals surface area contributed by atoms with Gasteiger partial charge < -0.3 is 9.47 Å². The number of allylic oxidation sites excluding steroid dienone is 2. The molecule has 0 aliphatic heterocycles. The van der Waals surface area contributed by atoms with Crippen molar-refractivity contribution in [3.8, 4) is 0 Å². The number of carbonyl (C=O) groups is 2. The average Bonchev–Trinajstić information content (AvgIpc) is 2.16. The molecular weight excluding hydrogens is 184 g/mol. The summed E-state index contributed by atoms with van der Waals surface area (Å²) < 4.78 is 10.1. The van der Waals surface area contributed by atoms with Crippen molar-refractivity contribution >= 4 is 12.6 Å². The average molecular weight is 202 g/mol. The Morgan fingerprint density at radius 3 is 1.57 bits per heavy atom. The highest BCUT2D eigenvalue weighted by Crippen LogP contribution is 1.90. The molecule has 0 saturated heterocycles. The normalized spacial score (nSPS) is 9.71. The van der Waals surface area contributed by atoms with Gasteiger partial charge in [0.05, 0.1) is 0 Å². The fourth-order valence-corrected chi connectivity index (χ4v) is 0.608. The van der Waals surface area contributed by atoms with Crippen LogP contribution in [0.3, 0.4) is 0 Å². The smallest absolute Gasteiger partial charge is 0.154 e. The largest absolute Gasteiger partial charge is 0.353 e. The minimum atomic E-state index is -0.0370. The van der Waals surface area contributed by atoms with Crippen LogP contribution in [0.2, 0.25) is 0 Å². The summed E-state index contributed by atoms with van der Waals surface area (Å²) in [5.41, 5.74) is 0. The van der Waals surface area contributed by atoms with E-state index in [0.717, 1.165) is 25.4 Å². The summed E-state index contributed by atoms with van der Waals surface area (Å²) in [5.74, 6) is 0. The SMILES string of the molecule is CCOC(C)OCC.O=C/C=C\C=O. The molecule has 4 heteroatoms. The fraction of sp³-hybridized carbons (Fsp3) is 0.600. The topological polar surface area (TPSA) is 52.6 Å². The van der Waals surface area contributed by atoms with Crippen LogP contribution in [0.5, 0.6) is 0 Å². The van der Waals surface area contributed by atoms with E-state index in [2.05, 4.69) is 0 Å². The maximum absolute atomic E-state index is 9.32. The van der Waals surface area contributed by atoms with Crippen molar-refractivity contribution in [3.05, 3.63) is 12.2 Å². The van der Waals surface area contributed by atoms with Gasteiger partial charge in [0.1, 0.15) is 12.6 Å². The van der Waals surface area contributed by atoms with Crippen LogP contribution in [-0.2, 0) is 19.1 Å². The molecule has 0 spiro atoms. The molecule has 0 aromatic heterocycles. The molecule has 0 radical (unpaired) electrons. The number of ether oxygens (including phenoxy) is 2. The van der Waals surface area contributed by atoms with Crippen LogP contribution < -0.4 is 0 Å². The van der Waals surface area contributed by atoms with Gasteiger partial charge in [-0.05, 0) is 32.9 Å². The van der Waals surface area contributed by atoms with Gasteiger partial charge in [-0.25, -0.2) is 0 Å². The zero-order valence-electron chi connectivity index (χ0n) is 8.93. The summed E-state index contributed by atoms with van der Waals surface area (Å²) in [6, 6.07) is 0. The van der Waals surface area contributed by atoms with Crippen molar-refractivity contribution in [2.45, 2.75) is 27.1 Å². The van der Waals surface area contributed by atoms with Crippen LogP contribution >= 0.6 is 0 Å². The zero-order valence-corrected chi connectivity index (χ0v) is 8.93. The number of hydrogen-bond donors (Lipinski definition) is 0. The third-order valence-electron chi connectivity index (χ3n) is 1.07. The lowest BCUT2D eigenvalue weighted by Gasteiger charge is -2.09. The van der Waals surface area contributed by atoms with Crippen molar-refractivity contribution < 1.29 is 19.1 Å². The highest BCUT2D eigenvalue weighted by Gasteiger charge is 1.94. The highest BCUT2D eigenvalue weighted by molar-refractivity contribution is 5.75. The summed E-state index contributed by atoms with van der Waals surface area (Å²) in [5, 5.41) is 0. The minimum Gasteiger partial charge on any atom is -0.353 e. The first kappa shape index (κ1) is 15.5. The highest BCUT2D eigenvalue weighted by atomic mass is 16.7. The van der Waals surface area contributed by atoms with Crippen molar-refractivity contribution in [2.24, 2.45) is 0 Å². The Labute approximate surface area is 84.9 Å². The molecule has 0 fully saturated rings. The molecule has 0 unspecified atom stereocenters. The van der Waals surface area contributed by atoms with Gasteiger partial charge in [0, 0.05) is 13.2 Å². The lowest BCUT2D eigenvalue weighted by Crippen LogP contribution is -2.11. The lowest BCUT2D eigenvalue weighted by molar-refractivity contribution is -0.123. The second-order valence-electron chi connectivity index (χ2n) is 2.14. The molecular formula is C10H18O4. The molecule has 0 amide bonds. The van der Waals surface area contributed by atoms with Crippen molar-refractivity contribution in [2.75, 3.05) is 13.2 Å². The van der Waals surface area contributed by atoms with Crippen molar-refractivity contribution in [1.82, 2.24) is 0 Å². The van der Waals surface area contributed by atoms with E-state index in [0.29, 0.717) is 12.6 Å². The van der Waals surface area contributed by atoms with Crippen LogP contribution in [0.4, 0.5) is 0 Å². The van der Waals surface area contributed by atoms with Crippen LogP contribution in [-0.4, -0.2) is 32.1 Å². The monoisotopic (exact) mass is 202 g/mol. The molecule has 14 heavy (non-hydrogen) atoms. The number of carbonyl (C=O) groups excluding carboxylic acids is 2. The molecule has 4 nitrogen and oxygen atoms in total. The predicted molar refractivity (Wildman–Crippen MR) is 54.0 cm³/mol. The molecule has 0 bridgehead atoms. The summed E-state index contributed by atoms with van der Waals surface area (Å²) in [7, 11) is 0. The second-order valence-corrected chi connectivity index (χ2v) is 2.14. The molecule has 82 valence electrons. The van der Waals surface area contributed by atoms with E-state index in [1.54, 1.807) is 0 Å². The van der Waals surface area contributed by atoms with Gasteiger partial charge in [-0.15, -0.1) is 0 Å². The van der Waals surface area contributed by atoms with E-state index < -0.39 is 0 Å². The number of aldehydes is 2. The molecule has 0 aromatic rings. The van der Waals surface area contributed by atoms with Crippen molar-refractivity contribution in [3.63, 3.8) is 0 Å². The molecule has 0 aliphatic rings. The van der Waals surface area contributed by atoms with E-state index in [-0.39, 0.29) is 6.29 Å². The molecule has 0 heterocycles. The fourth-order valence-electron chi connectivity index (χ4n) is 0.608. The Morgan fingerprint density at radius 2 is 1.36 bits per heavy atom.